The van der Waals surface area contributed by atoms with Gasteiger partial charge in [-0.15, -0.1) is 0 Å². The molecule has 0 amide bonds. The molecular formula is C9H9Cl2LiOP. The summed E-state index contributed by atoms with van der Waals surface area (Å²) in [6.45, 7) is 1.96. The maximum atomic E-state index is 11.5. The van der Waals surface area contributed by atoms with Crippen LogP contribution in [-0.4, -0.2) is 30.5 Å². The van der Waals surface area contributed by atoms with Crippen molar-refractivity contribution >= 4 is 56.2 Å². The van der Waals surface area contributed by atoms with E-state index in [0.29, 0.717) is 15.6 Å². The summed E-state index contributed by atoms with van der Waals surface area (Å²) in [5.41, 5.74) is 0.504. The minimum absolute atomic E-state index is 0. The summed E-state index contributed by atoms with van der Waals surface area (Å²) >= 11 is 11.7. The van der Waals surface area contributed by atoms with E-state index >= 15 is 0 Å². The fraction of sp³-hybridized carbons (Fsp3) is 0.222. The fourth-order valence-electron chi connectivity index (χ4n) is 0.964. The quantitative estimate of drug-likeness (QED) is 0.586. The molecule has 0 spiro atoms. The molecule has 0 bridgehead atoms. The van der Waals surface area contributed by atoms with Crippen molar-refractivity contribution < 1.29 is 4.79 Å². The average Bonchev–Trinajstić information content (AvgIpc) is 2.04. The maximum Gasteiger partial charge on any atom is 0.184 e. The largest absolute Gasteiger partial charge is 0.289 e. The van der Waals surface area contributed by atoms with Crippen molar-refractivity contribution in [3.8, 4) is 0 Å². The molecule has 1 nitrogen and oxygen atoms in total. The summed E-state index contributed by atoms with van der Waals surface area (Å²) in [6, 6.07) is 5.10. The number of carbonyl (C=O) groups excluding carboxylic acids is 1. The van der Waals surface area contributed by atoms with Gasteiger partial charge in [0.25, 0.3) is 0 Å². The number of hydrogen-bond donors (Lipinski definition) is 0. The van der Waals surface area contributed by atoms with E-state index in [4.69, 9.17) is 23.2 Å². The van der Waals surface area contributed by atoms with Crippen LogP contribution in [0, 0.1) is 0 Å². The minimum Gasteiger partial charge on any atom is -0.289 e. The Morgan fingerprint density at radius 2 is 1.86 bits per heavy atom. The molecule has 1 aromatic rings. The Labute approximate surface area is 108 Å². The average molecular weight is 242 g/mol. The Morgan fingerprint density at radius 1 is 1.36 bits per heavy atom. The molecule has 0 saturated heterocycles. The van der Waals surface area contributed by atoms with E-state index in [0.717, 1.165) is 6.16 Å². The van der Waals surface area contributed by atoms with Gasteiger partial charge in [0.1, 0.15) is 0 Å². The van der Waals surface area contributed by atoms with Crippen molar-refractivity contribution in [3.05, 3.63) is 33.8 Å². The standard InChI is InChI=1S/C9H9Cl2OP.Li/c1-2-13-9(12)8-6(10)4-3-5-7(8)11;/h3-5,13H,2H2,1H3;. The monoisotopic (exact) mass is 241 g/mol. The second kappa shape index (κ2) is 6.89. The Kier molecular flexibility index (Phi) is 7.13. The fourth-order valence-corrected chi connectivity index (χ4v) is 2.46. The summed E-state index contributed by atoms with van der Waals surface area (Å²) < 4.78 is 0. The molecule has 1 atom stereocenters. The van der Waals surface area contributed by atoms with Gasteiger partial charge in [0.15, 0.2) is 5.52 Å². The van der Waals surface area contributed by atoms with Crippen LogP contribution in [0.15, 0.2) is 18.2 Å². The molecule has 1 radical (unpaired) electrons. The van der Waals surface area contributed by atoms with E-state index in [1.165, 1.54) is 0 Å². The van der Waals surface area contributed by atoms with Crippen molar-refractivity contribution in [2.24, 2.45) is 0 Å². The first kappa shape index (κ1) is 14.5. The zero-order valence-electron chi connectivity index (χ0n) is 8.10. The van der Waals surface area contributed by atoms with Crippen LogP contribution in [-0.2, 0) is 0 Å². The third kappa shape index (κ3) is 3.57. The molecule has 5 heteroatoms. The van der Waals surface area contributed by atoms with E-state index in [-0.39, 0.29) is 33.0 Å². The van der Waals surface area contributed by atoms with Crippen molar-refractivity contribution in [1.29, 1.82) is 0 Å². The van der Waals surface area contributed by atoms with Gasteiger partial charge in [-0.1, -0.05) is 36.2 Å². The first-order valence-corrected chi connectivity index (χ1v) is 5.85. The molecule has 14 heavy (non-hydrogen) atoms. The van der Waals surface area contributed by atoms with E-state index in [1.807, 2.05) is 6.92 Å². The molecule has 1 aromatic carbocycles. The number of rotatable bonds is 3. The topological polar surface area (TPSA) is 17.1 Å². The van der Waals surface area contributed by atoms with Crippen molar-refractivity contribution in [2.75, 3.05) is 6.16 Å². The van der Waals surface area contributed by atoms with E-state index in [2.05, 4.69) is 0 Å². The molecule has 0 aliphatic carbocycles. The van der Waals surface area contributed by atoms with Gasteiger partial charge in [-0.2, -0.15) is 0 Å². The Morgan fingerprint density at radius 3 is 2.29 bits per heavy atom. The molecular weight excluding hydrogens is 233 g/mol. The summed E-state index contributed by atoms with van der Waals surface area (Å²) in [4.78, 5) is 11.5. The summed E-state index contributed by atoms with van der Waals surface area (Å²) in [5.74, 6) is 0. The first-order chi connectivity index (χ1) is 6.16. The van der Waals surface area contributed by atoms with Crippen molar-refractivity contribution in [1.82, 2.24) is 0 Å². The van der Waals surface area contributed by atoms with Crippen LogP contribution in [0.2, 0.25) is 10.0 Å². The predicted octanol–water partition coefficient (Wildman–Crippen LogP) is 3.45. The molecule has 0 aliphatic heterocycles. The second-order valence-corrected chi connectivity index (χ2v) is 4.79. The summed E-state index contributed by atoms with van der Waals surface area (Å²) in [7, 11) is 0.251. The van der Waals surface area contributed by atoms with Crippen LogP contribution >= 0.6 is 31.8 Å². The van der Waals surface area contributed by atoms with Crippen LogP contribution in [0.5, 0.6) is 0 Å². The molecule has 1 unspecified atom stereocenters. The van der Waals surface area contributed by atoms with Gasteiger partial charge < -0.3 is 0 Å². The van der Waals surface area contributed by atoms with Crippen LogP contribution in [0.3, 0.4) is 0 Å². The molecule has 0 N–H and O–H groups in total. The summed E-state index contributed by atoms with van der Waals surface area (Å²) in [5, 5.41) is 0.886. The number of hydrogen-bond acceptors (Lipinski definition) is 1. The number of carbonyl (C=O) groups is 1. The molecule has 71 valence electrons. The molecule has 0 fully saturated rings. The maximum absolute atomic E-state index is 11.5. The van der Waals surface area contributed by atoms with Gasteiger partial charge in [0.2, 0.25) is 0 Å². The molecule has 0 aromatic heterocycles. The normalized spacial score (nSPS) is 10.2. The van der Waals surface area contributed by atoms with Crippen LogP contribution < -0.4 is 0 Å². The Balaban J connectivity index is 0.00000169. The zero-order valence-corrected chi connectivity index (χ0v) is 10.6. The van der Waals surface area contributed by atoms with Gasteiger partial charge in [-0.3, -0.25) is 4.79 Å². The second-order valence-electron chi connectivity index (χ2n) is 2.46. The predicted molar refractivity (Wildman–Crippen MR) is 65.4 cm³/mol. The number of benzene rings is 1. The van der Waals surface area contributed by atoms with Crippen molar-refractivity contribution in [2.45, 2.75) is 6.92 Å². The Bertz CT molecular complexity index is 310. The third-order valence-electron chi connectivity index (χ3n) is 1.53. The first-order valence-electron chi connectivity index (χ1n) is 3.89. The van der Waals surface area contributed by atoms with E-state index in [9.17, 15) is 4.79 Å². The van der Waals surface area contributed by atoms with Gasteiger partial charge in [-0.05, 0) is 26.9 Å². The smallest absolute Gasteiger partial charge is 0.184 e. The van der Waals surface area contributed by atoms with E-state index in [1.54, 1.807) is 18.2 Å². The molecule has 0 aliphatic rings. The minimum atomic E-state index is 0. The molecule has 1 rings (SSSR count). The number of halogens is 2. The third-order valence-corrected chi connectivity index (χ3v) is 3.08. The Hall–Kier alpha value is 0.497. The van der Waals surface area contributed by atoms with Crippen LogP contribution in [0.4, 0.5) is 0 Å². The molecule has 0 saturated carbocycles. The van der Waals surface area contributed by atoms with E-state index < -0.39 is 0 Å². The SMILES string of the molecule is CCPC(=O)c1c(Cl)cccc1Cl.[Li]. The van der Waals surface area contributed by atoms with Crippen LogP contribution in [0.25, 0.3) is 0 Å². The summed E-state index contributed by atoms with van der Waals surface area (Å²) in [6.07, 6.45) is 0.834. The zero-order chi connectivity index (χ0) is 9.84. The van der Waals surface area contributed by atoms with Crippen molar-refractivity contribution in [3.63, 3.8) is 0 Å². The van der Waals surface area contributed by atoms with Gasteiger partial charge in [0, 0.05) is 18.9 Å². The van der Waals surface area contributed by atoms with Gasteiger partial charge in [-0.25, -0.2) is 0 Å². The van der Waals surface area contributed by atoms with Gasteiger partial charge >= 0.3 is 0 Å². The van der Waals surface area contributed by atoms with Gasteiger partial charge in [0.05, 0.1) is 15.6 Å². The van der Waals surface area contributed by atoms with Crippen LogP contribution in [0.1, 0.15) is 17.3 Å². The molecule has 0 heterocycles.